The molecule has 0 spiro atoms. The maximum absolute atomic E-state index is 10.8. The van der Waals surface area contributed by atoms with Gasteiger partial charge in [0.15, 0.2) is 6.29 Å². The van der Waals surface area contributed by atoms with E-state index in [9.17, 15) is 9.90 Å². The maximum Gasteiger partial charge on any atom is 0.153 e. The van der Waals surface area contributed by atoms with E-state index in [0.29, 0.717) is 29.2 Å². The Bertz CT molecular complexity index is 368. The molecule has 0 saturated carbocycles. The topological polar surface area (TPSA) is 55.8 Å². The molecule has 1 aromatic carbocycles. The molecule has 0 amide bonds. The molecule has 1 atom stereocenters. The first kappa shape index (κ1) is 14.0. The molecule has 0 bridgehead atoms. The average Bonchev–Trinajstić information content (AvgIpc) is 2.34. The van der Waals surface area contributed by atoms with Crippen LogP contribution < -0.4 is 4.74 Å². The zero-order chi connectivity index (χ0) is 12.7. The first-order chi connectivity index (χ1) is 8.17. The highest BCUT2D eigenvalue weighted by atomic mass is 35.5. The molecule has 0 fully saturated rings. The minimum Gasteiger partial charge on any atom is -0.490 e. The highest BCUT2D eigenvalue weighted by molar-refractivity contribution is 6.30. The molecule has 1 unspecified atom stereocenters. The molecule has 1 aromatic rings. The lowest BCUT2D eigenvalue weighted by Crippen LogP contribution is -2.23. The summed E-state index contributed by atoms with van der Waals surface area (Å²) in [5.41, 5.74) is 0.362. The number of aliphatic hydroxyl groups excluding tert-OH is 1. The Morgan fingerprint density at radius 3 is 2.88 bits per heavy atom. The van der Waals surface area contributed by atoms with Crippen molar-refractivity contribution < 1.29 is 19.4 Å². The Morgan fingerprint density at radius 2 is 2.24 bits per heavy atom. The molecule has 4 nitrogen and oxygen atoms in total. The molecular weight excluding hydrogens is 244 g/mol. The molecule has 1 rings (SSSR count). The second-order valence-corrected chi connectivity index (χ2v) is 3.86. The number of carbonyl (C=O) groups is 1. The summed E-state index contributed by atoms with van der Waals surface area (Å²) < 4.78 is 10.4. The van der Waals surface area contributed by atoms with Gasteiger partial charge >= 0.3 is 0 Å². The number of aliphatic hydroxyl groups is 1. The Kier molecular flexibility index (Phi) is 5.97. The van der Waals surface area contributed by atoms with Gasteiger partial charge in [-0.1, -0.05) is 11.6 Å². The number of carbonyl (C=O) groups excluding carboxylic acids is 1. The second kappa shape index (κ2) is 7.27. The lowest BCUT2D eigenvalue weighted by atomic mass is 10.2. The summed E-state index contributed by atoms with van der Waals surface area (Å²) in [6.07, 6.45) is -0.0546. The normalized spacial score (nSPS) is 12.2. The minimum absolute atomic E-state index is 0.0719. The van der Waals surface area contributed by atoms with Crippen LogP contribution in [0, 0.1) is 0 Å². The number of ether oxygens (including phenoxy) is 2. The molecule has 5 heteroatoms. The van der Waals surface area contributed by atoms with E-state index in [0.717, 1.165) is 0 Å². The van der Waals surface area contributed by atoms with Crippen molar-refractivity contribution >= 4 is 17.9 Å². The summed E-state index contributed by atoms with van der Waals surface area (Å²) in [6, 6.07) is 4.73. The van der Waals surface area contributed by atoms with Crippen LogP contribution in [-0.2, 0) is 4.74 Å². The fraction of sp³-hybridized carbons (Fsp3) is 0.417. The Hall–Kier alpha value is -1.10. The van der Waals surface area contributed by atoms with E-state index in [1.807, 2.05) is 6.92 Å². The number of rotatable bonds is 7. The first-order valence-electron chi connectivity index (χ1n) is 5.30. The Labute approximate surface area is 105 Å². The van der Waals surface area contributed by atoms with E-state index < -0.39 is 6.10 Å². The monoisotopic (exact) mass is 258 g/mol. The average molecular weight is 259 g/mol. The number of hydrogen-bond acceptors (Lipinski definition) is 4. The first-order valence-corrected chi connectivity index (χ1v) is 5.68. The predicted octanol–water partition coefficient (Wildman–Crippen LogP) is 1.93. The van der Waals surface area contributed by atoms with Crippen molar-refractivity contribution in [2.75, 3.05) is 19.8 Å². The van der Waals surface area contributed by atoms with Gasteiger partial charge in [-0.3, -0.25) is 4.79 Å². The quantitative estimate of drug-likeness (QED) is 0.760. The fourth-order valence-corrected chi connectivity index (χ4v) is 1.41. The third-order valence-corrected chi connectivity index (χ3v) is 2.28. The van der Waals surface area contributed by atoms with E-state index in [4.69, 9.17) is 21.1 Å². The smallest absolute Gasteiger partial charge is 0.153 e. The molecule has 0 aliphatic carbocycles. The zero-order valence-electron chi connectivity index (χ0n) is 9.56. The molecule has 0 aromatic heterocycles. The number of hydrogen-bond donors (Lipinski definition) is 1. The molecule has 0 aliphatic heterocycles. The lowest BCUT2D eigenvalue weighted by Gasteiger charge is -2.13. The van der Waals surface area contributed by atoms with Crippen LogP contribution in [0.3, 0.4) is 0 Å². The molecule has 0 radical (unpaired) electrons. The molecule has 94 valence electrons. The van der Waals surface area contributed by atoms with Gasteiger partial charge in [-0.05, 0) is 25.1 Å². The third-order valence-electron chi connectivity index (χ3n) is 2.04. The highest BCUT2D eigenvalue weighted by Crippen LogP contribution is 2.21. The van der Waals surface area contributed by atoms with E-state index in [1.54, 1.807) is 12.1 Å². The van der Waals surface area contributed by atoms with Gasteiger partial charge in [-0.15, -0.1) is 0 Å². The molecule has 0 aliphatic rings. The standard InChI is InChI=1S/C12H15ClO4/c1-2-16-7-11(15)8-17-12-4-3-10(13)5-9(12)6-14/h3-6,11,15H,2,7-8H2,1H3. The van der Waals surface area contributed by atoms with Gasteiger partial charge in [0, 0.05) is 11.6 Å². The largest absolute Gasteiger partial charge is 0.490 e. The summed E-state index contributed by atoms with van der Waals surface area (Å²) in [5, 5.41) is 9.96. The fourth-order valence-electron chi connectivity index (χ4n) is 1.23. The van der Waals surface area contributed by atoms with Crippen LogP contribution in [0.1, 0.15) is 17.3 Å². The van der Waals surface area contributed by atoms with Crippen LogP contribution in [0.15, 0.2) is 18.2 Å². The van der Waals surface area contributed by atoms with E-state index >= 15 is 0 Å². The van der Waals surface area contributed by atoms with E-state index in [1.165, 1.54) is 6.07 Å². The van der Waals surface area contributed by atoms with Crippen LogP contribution in [0.5, 0.6) is 5.75 Å². The van der Waals surface area contributed by atoms with Gasteiger partial charge in [0.1, 0.15) is 18.5 Å². The maximum atomic E-state index is 10.8. The van der Waals surface area contributed by atoms with Crippen molar-refractivity contribution in [3.8, 4) is 5.75 Å². The molecule has 0 saturated heterocycles. The van der Waals surface area contributed by atoms with E-state index in [-0.39, 0.29) is 13.2 Å². The van der Waals surface area contributed by atoms with Gasteiger partial charge in [0.25, 0.3) is 0 Å². The third kappa shape index (κ3) is 4.73. The minimum atomic E-state index is -0.717. The highest BCUT2D eigenvalue weighted by Gasteiger charge is 2.08. The summed E-state index contributed by atoms with van der Waals surface area (Å²) in [4.78, 5) is 10.8. The number of benzene rings is 1. The van der Waals surface area contributed by atoms with Crippen molar-refractivity contribution in [3.05, 3.63) is 28.8 Å². The lowest BCUT2D eigenvalue weighted by molar-refractivity contribution is 0.0163. The van der Waals surface area contributed by atoms with Crippen molar-refractivity contribution in [1.29, 1.82) is 0 Å². The van der Waals surface area contributed by atoms with Crippen molar-refractivity contribution in [2.45, 2.75) is 13.0 Å². The summed E-state index contributed by atoms with van der Waals surface area (Å²) in [6.45, 7) is 2.66. The second-order valence-electron chi connectivity index (χ2n) is 3.42. The van der Waals surface area contributed by atoms with Crippen LogP contribution in [0.25, 0.3) is 0 Å². The predicted molar refractivity (Wildman–Crippen MR) is 64.8 cm³/mol. The van der Waals surface area contributed by atoms with Crippen LogP contribution in [-0.4, -0.2) is 37.3 Å². The van der Waals surface area contributed by atoms with Gasteiger partial charge in [0.05, 0.1) is 12.2 Å². The number of halogens is 1. The summed E-state index contributed by atoms with van der Waals surface area (Å²) in [7, 11) is 0. The van der Waals surface area contributed by atoms with Gasteiger partial charge in [-0.25, -0.2) is 0 Å². The molecule has 17 heavy (non-hydrogen) atoms. The Balaban J connectivity index is 2.53. The SMILES string of the molecule is CCOCC(O)COc1ccc(Cl)cc1C=O. The van der Waals surface area contributed by atoms with E-state index in [2.05, 4.69) is 0 Å². The van der Waals surface area contributed by atoms with Crippen molar-refractivity contribution in [2.24, 2.45) is 0 Å². The van der Waals surface area contributed by atoms with Crippen LogP contribution >= 0.6 is 11.6 Å². The van der Waals surface area contributed by atoms with Gasteiger partial charge in [-0.2, -0.15) is 0 Å². The molecule has 1 N–H and O–H groups in total. The summed E-state index contributed by atoms with van der Waals surface area (Å²) >= 11 is 5.74. The van der Waals surface area contributed by atoms with Gasteiger partial charge in [0.2, 0.25) is 0 Å². The molecule has 0 heterocycles. The van der Waals surface area contributed by atoms with Crippen LogP contribution in [0.4, 0.5) is 0 Å². The zero-order valence-corrected chi connectivity index (χ0v) is 10.3. The van der Waals surface area contributed by atoms with Crippen molar-refractivity contribution in [1.82, 2.24) is 0 Å². The summed E-state index contributed by atoms with van der Waals surface area (Å²) in [5.74, 6) is 0.403. The number of aldehydes is 1. The van der Waals surface area contributed by atoms with Crippen molar-refractivity contribution in [3.63, 3.8) is 0 Å². The molecular formula is C12H15ClO4. The van der Waals surface area contributed by atoms with Crippen LogP contribution in [0.2, 0.25) is 5.02 Å². The van der Waals surface area contributed by atoms with Gasteiger partial charge < -0.3 is 14.6 Å². The Morgan fingerprint density at radius 1 is 1.47 bits per heavy atom.